The molecule has 0 radical (unpaired) electrons. The van der Waals surface area contributed by atoms with Crippen molar-refractivity contribution in [2.45, 2.75) is 31.1 Å². The summed E-state index contributed by atoms with van der Waals surface area (Å²) in [7, 11) is 3.14. The Labute approximate surface area is 184 Å². The standard InChI is InChI=1S/C22H23ClN2O6/c1-29-19-10-15-16(11-20(19)30-2)24(12-17(26)18-7-4-8-31-18)22(28)25(21(15)27)14-6-3-5-13(23)9-14/h3-9,15-16,19-20H,10-12H2,1-2H3. The number of nitrogens with zero attached hydrogens (tertiary/aromatic N) is 2. The molecule has 2 aromatic rings. The van der Waals surface area contributed by atoms with Crippen LogP contribution < -0.4 is 4.90 Å². The second kappa shape index (κ2) is 8.82. The van der Waals surface area contributed by atoms with Crippen molar-refractivity contribution in [2.75, 3.05) is 25.7 Å². The second-order valence-electron chi connectivity index (χ2n) is 7.66. The van der Waals surface area contributed by atoms with Gasteiger partial charge in [0.15, 0.2) is 5.76 Å². The van der Waals surface area contributed by atoms with Gasteiger partial charge in [-0.05, 0) is 43.2 Å². The number of ether oxygens (including phenoxy) is 2. The van der Waals surface area contributed by atoms with E-state index in [1.807, 2.05) is 0 Å². The molecular weight excluding hydrogens is 424 g/mol. The summed E-state index contributed by atoms with van der Waals surface area (Å²) in [5.41, 5.74) is 0.360. The van der Waals surface area contributed by atoms with Crippen LogP contribution in [0, 0.1) is 5.92 Å². The van der Waals surface area contributed by atoms with Gasteiger partial charge in [-0.25, -0.2) is 9.69 Å². The van der Waals surface area contributed by atoms with E-state index in [-0.39, 0.29) is 36.2 Å². The fourth-order valence-corrected chi connectivity index (χ4v) is 4.64. The summed E-state index contributed by atoms with van der Waals surface area (Å²) in [5, 5.41) is 0.399. The van der Waals surface area contributed by atoms with Crippen LogP contribution in [0.2, 0.25) is 5.02 Å². The molecule has 164 valence electrons. The van der Waals surface area contributed by atoms with Crippen LogP contribution in [-0.4, -0.2) is 61.6 Å². The van der Waals surface area contributed by atoms with Crippen molar-refractivity contribution in [2.24, 2.45) is 5.92 Å². The summed E-state index contributed by atoms with van der Waals surface area (Å²) in [6, 6.07) is 8.62. The Hall–Kier alpha value is -2.68. The van der Waals surface area contributed by atoms with Crippen molar-refractivity contribution >= 4 is 35.0 Å². The molecule has 31 heavy (non-hydrogen) atoms. The Morgan fingerprint density at radius 3 is 2.52 bits per heavy atom. The third kappa shape index (κ3) is 3.98. The first-order chi connectivity index (χ1) is 14.9. The maximum absolute atomic E-state index is 13.5. The number of Topliss-reactive ketones (excluding diaryl/α,β-unsaturated/α-hetero) is 1. The molecule has 4 atom stereocenters. The molecule has 1 saturated carbocycles. The number of carbonyl (C=O) groups excluding carboxylic acids is 3. The molecule has 4 rings (SSSR count). The first kappa shape index (κ1) is 21.5. The number of benzene rings is 1. The minimum atomic E-state index is -0.570. The highest BCUT2D eigenvalue weighted by Crippen LogP contribution is 2.38. The number of rotatable bonds is 6. The Bertz CT molecular complexity index is 978. The van der Waals surface area contributed by atoms with E-state index < -0.39 is 18.0 Å². The summed E-state index contributed by atoms with van der Waals surface area (Å²) in [6.45, 7) is -0.216. The molecule has 1 aliphatic heterocycles. The number of methoxy groups -OCH3 is 2. The molecule has 4 unspecified atom stereocenters. The second-order valence-corrected chi connectivity index (χ2v) is 8.09. The minimum Gasteiger partial charge on any atom is -0.461 e. The van der Waals surface area contributed by atoms with Crippen molar-refractivity contribution in [3.63, 3.8) is 0 Å². The van der Waals surface area contributed by atoms with Crippen LogP contribution >= 0.6 is 11.6 Å². The molecule has 8 nitrogen and oxygen atoms in total. The highest BCUT2D eigenvalue weighted by Gasteiger charge is 2.52. The number of imide groups is 1. The van der Waals surface area contributed by atoms with E-state index in [0.717, 1.165) is 4.90 Å². The zero-order valence-electron chi connectivity index (χ0n) is 17.2. The SMILES string of the molecule is COC1CC2C(=O)N(c3cccc(Cl)c3)C(=O)N(CC(=O)c3ccco3)C2CC1OC. The van der Waals surface area contributed by atoms with Gasteiger partial charge in [0.25, 0.3) is 0 Å². The highest BCUT2D eigenvalue weighted by atomic mass is 35.5. The molecule has 3 amide bonds. The Kier molecular flexibility index (Phi) is 6.13. The molecule has 0 spiro atoms. The van der Waals surface area contributed by atoms with E-state index in [4.69, 9.17) is 25.5 Å². The predicted molar refractivity (Wildman–Crippen MR) is 112 cm³/mol. The molecule has 1 aliphatic carbocycles. The predicted octanol–water partition coefficient (Wildman–Crippen LogP) is 3.39. The van der Waals surface area contributed by atoms with E-state index in [2.05, 4.69) is 0 Å². The van der Waals surface area contributed by atoms with Crippen LogP contribution in [0.25, 0.3) is 0 Å². The fourth-order valence-electron chi connectivity index (χ4n) is 4.46. The summed E-state index contributed by atoms with van der Waals surface area (Å²) in [5.74, 6) is -1.07. The van der Waals surface area contributed by atoms with Gasteiger partial charge in [0, 0.05) is 25.3 Å². The maximum atomic E-state index is 13.5. The number of amides is 3. The van der Waals surface area contributed by atoms with E-state index in [1.54, 1.807) is 50.6 Å². The molecule has 1 aromatic carbocycles. The van der Waals surface area contributed by atoms with Gasteiger partial charge in [0.1, 0.15) is 0 Å². The van der Waals surface area contributed by atoms with Crippen LogP contribution in [0.1, 0.15) is 23.4 Å². The van der Waals surface area contributed by atoms with E-state index in [1.165, 1.54) is 11.2 Å². The monoisotopic (exact) mass is 446 g/mol. The van der Waals surface area contributed by atoms with Crippen LogP contribution in [0.5, 0.6) is 0 Å². The van der Waals surface area contributed by atoms with Crippen molar-refractivity contribution < 1.29 is 28.3 Å². The number of anilines is 1. The maximum Gasteiger partial charge on any atom is 0.332 e. The lowest BCUT2D eigenvalue weighted by Crippen LogP contribution is -2.66. The van der Waals surface area contributed by atoms with Gasteiger partial charge in [0.2, 0.25) is 11.7 Å². The van der Waals surface area contributed by atoms with Gasteiger partial charge in [-0.2, -0.15) is 0 Å². The third-order valence-corrected chi connectivity index (χ3v) is 6.23. The van der Waals surface area contributed by atoms with Crippen molar-refractivity contribution in [3.05, 3.63) is 53.4 Å². The summed E-state index contributed by atoms with van der Waals surface area (Å²) >= 11 is 6.10. The first-order valence-corrected chi connectivity index (χ1v) is 10.3. The molecule has 0 N–H and O–H groups in total. The summed E-state index contributed by atoms with van der Waals surface area (Å²) in [6.07, 6.45) is 1.55. The third-order valence-electron chi connectivity index (χ3n) is 6.00. The zero-order valence-corrected chi connectivity index (χ0v) is 17.9. The molecule has 9 heteroatoms. The Morgan fingerprint density at radius 2 is 1.87 bits per heavy atom. The zero-order chi connectivity index (χ0) is 22.1. The van der Waals surface area contributed by atoms with Gasteiger partial charge >= 0.3 is 6.03 Å². The number of furan rings is 1. The van der Waals surface area contributed by atoms with Crippen LogP contribution in [0.4, 0.5) is 10.5 Å². The number of carbonyl (C=O) groups is 3. The average molecular weight is 447 g/mol. The number of fused-ring (bicyclic) bond motifs is 1. The van der Waals surface area contributed by atoms with Gasteiger partial charge in [-0.15, -0.1) is 0 Å². The highest BCUT2D eigenvalue weighted by molar-refractivity contribution is 6.31. The van der Waals surface area contributed by atoms with Crippen molar-refractivity contribution in [1.29, 1.82) is 0 Å². The molecule has 1 saturated heterocycles. The Balaban J connectivity index is 1.72. The normalized spacial score (nSPS) is 26.2. The van der Waals surface area contributed by atoms with Crippen LogP contribution in [0.3, 0.4) is 0 Å². The van der Waals surface area contributed by atoms with Crippen molar-refractivity contribution in [3.8, 4) is 0 Å². The van der Waals surface area contributed by atoms with Gasteiger partial charge < -0.3 is 18.8 Å². The van der Waals surface area contributed by atoms with E-state index >= 15 is 0 Å². The smallest absolute Gasteiger partial charge is 0.332 e. The van der Waals surface area contributed by atoms with E-state index in [0.29, 0.717) is 23.6 Å². The molecule has 2 fully saturated rings. The van der Waals surface area contributed by atoms with Crippen LogP contribution in [-0.2, 0) is 14.3 Å². The average Bonchev–Trinajstić information content (AvgIpc) is 3.31. The number of urea groups is 1. The van der Waals surface area contributed by atoms with Crippen LogP contribution in [0.15, 0.2) is 47.1 Å². The van der Waals surface area contributed by atoms with Gasteiger partial charge in [-0.3, -0.25) is 9.59 Å². The fraction of sp³-hybridized carbons (Fsp3) is 0.409. The molecule has 2 heterocycles. The lowest BCUT2D eigenvalue weighted by molar-refractivity contribution is -0.137. The molecule has 1 aromatic heterocycles. The summed E-state index contributed by atoms with van der Waals surface area (Å²) in [4.78, 5) is 42.2. The summed E-state index contributed by atoms with van der Waals surface area (Å²) < 4.78 is 16.3. The van der Waals surface area contributed by atoms with E-state index in [9.17, 15) is 14.4 Å². The largest absolute Gasteiger partial charge is 0.461 e. The van der Waals surface area contributed by atoms with Gasteiger partial charge in [0.05, 0.1) is 36.6 Å². The number of hydrogen-bond acceptors (Lipinski definition) is 6. The molecular formula is C22H23ClN2O6. The molecule has 0 bridgehead atoms. The number of halogens is 1. The topological polar surface area (TPSA) is 89.3 Å². The van der Waals surface area contributed by atoms with Crippen molar-refractivity contribution in [1.82, 2.24) is 4.90 Å². The first-order valence-electron chi connectivity index (χ1n) is 9.97. The minimum absolute atomic E-state index is 0.157. The lowest BCUT2D eigenvalue weighted by Gasteiger charge is -2.49. The molecule has 2 aliphatic rings. The number of ketones is 1. The lowest BCUT2D eigenvalue weighted by atomic mass is 9.77. The number of hydrogen-bond donors (Lipinski definition) is 0. The Morgan fingerprint density at radius 1 is 1.13 bits per heavy atom. The van der Waals surface area contributed by atoms with Gasteiger partial charge in [-0.1, -0.05) is 17.7 Å². The quantitative estimate of drug-likeness (QED) is 0.632.